The van der Waals surface area contributed by atoms with Crippen molar-refractivity contribution in [3.63, 3.8) is 0 Å². The van der Waals surface area contributed by atoms with Gasteiger partial charge < -0.3 is 4.52 Å². The quantitative estimate of drug-likeness (QED) is 0.862. The van der Waals surface area contributed by atoms with Gasteiger partial charge in [0.2, 0.25) is 0 Å². The molecule has 3 nitrogen and oxygen atoms in total. The fourth-order valence-corrected chi connectivity index (χ4v) is 1.98. The zero-order valence-corrected chi connectivity index (χ0v) is 10.9. The number of aromatic nitrogens is 1. The Balaban J connectivity index is 2.38. The smallest absolute Gasteiger partial charge is 0.360 e. The fraction of sp³-hybridized carbons (Fsp3) is 0.286. The van der Waals surface area contributed by atoms with Crippen molar-refractivity contribution in [1.82, 2.24) is 5.16 Å². The number of nitrogens with zero attached hydrogens (tertiary/aromatic N) is 1. The topological polar surface area (TPSA) is 43.1 Å². The number of benzene rings is 1. The Labute approximate surface area is 113 Å². The highest BCUT2D eigenvalue weighted by atomic mass is 19.4. The molecule has 0 aliphatic carbocycles. The lowest BCUT2D eigenvalue weighted by atomic mass is 9.92. The molecule has 6 heteroatoms. The number of hydrogen-bond donors (Lipinski definition) is 0. The van der Waals surface area contributed by atoms with E-state index in [1.807, 2.05) is 0 Å². The van der Waals surface area contributed by atoms with Crippen LogP contribution in [-0.2, 0) is 11.0 Å². The van der Waals surface area contributed by atoms with Crippen LogP contribution < -0.4 is 0 Å². The SMILES string of the molecule is CC(=O)C(c1ccc(C(F)(F)F)cc1)c1cc(C)no1. The highest BCUT2D eigenvalue weighted by Gasteiger charge is 2.31. The van der Waals surface area contributed by atoms with Gasteiger partial charge in [0.15, 0.2) is 5.76 Å². The second-order valence-electron chi connectivity index (χ2n) is 4.53. The van der Waals surface area contributed by atoms with Crippen molar-refractivity contribution < 1.29 is 22.5 Å². The number of alkyl halides is 3. The lowest BCUT2D eigenvalue weighted by molar-refractivity contribution is -0.137. The van der Waals surface area contributed by atoms with E-state index in [9.17, 15) is 18.0 Å². The zero-order chi connectivity index (χ0) is 14.9. The first-order valence-electron chi connectivity index (χ1n) is 5.90. The van der Waals surface area contributed by atoms with Gasteiger partial charge in [-0.25, -0.2) is 0 Å². The molecule has 0 aliphatic rings. The van der Waals surface area contributed by atoms with E-state index in [1.165, 1.54) is 19.1 Å². The summed E-state index contributed by atoms with van der Waals surface area (Å²) in [4.78, 5) is 11.7. The predicted molar refractivity (Wildman–Crippen MR) is 65.2 cm³/mol. The molecule has 2 aromatic rings. The van der Waals surface area contributed by atoms with E-state index in [4.69, 9.17) is 4.52 Å². The number of ketones is 1. The van der Waals surface area contributed by atoms with Crippen LogP contribution in [0.15, 0.2) is 34.9 Å². The molecule has 1 aromatic heterocycles. The van der Waals surface area contributed by atoms with E-state index in [1.54, 1.807) is 13.0 Å². The number of carbonyl (C=O) groups excluding carboxylic acids is 1. The maximum absolute atomic E-state index is 12.5. The van der Waals surface area contributed by atoms with Crippen molar-refractivity contribution >= 4 is 5.78 Å². The van der Waals surface area contributed by atoms with Crippen molar-refractivity contribution in [2.75, 3.05) is 0 Å². The van der Waals surface area contributed by atoms with Gasteiger partial charge in [-0.2, -0.15) is 13.2 Å². The summed E-state index contributed by atoms with van der Waals surface area (Å²) in [6.45, 7) is 3.07. The summed E-state index contributed by atoms with van der Waals surface area (Å²) >= 11 is 0. The van der Waals surface area contributed by atoms with Crippen LogP contribution in [-0.4, -0.2) is 10.9 Å². The average molecular weight is 283 g/mol. The predicted octanol–water partition coefficient (Wildman–Crippen LogP) is 3.72. The molecule has 0 N–H and O–H groups in total. The van der Waals surface area contributed by atoms with Crippen molar-refractivity contribution in [2.45, 2.75) is 25.9 Å². The number of Topliss-reactive ketones (excluding diaryl/α,β-unsaturated/α-hetero) is 1. The third-order valence-corrected chi connectivity index (χ3v) is 2.91. The molecule has 1 aromatic carbocycles. The lowest BCUT2D eigenvalue weighted by Crippen LogP contribution is -2.11. The Kier molecular flexibility index (Phi) is 3.65. The lowest BCUT2D eigenvalue weighted by Gasteiger charge is -2.12. The third-order valence-electron chi connectivity index (χ3n) is 2.91. The molecular weight excluding hydrogens is 271 g/mol. The minimum absolute atomic E-state index is 0.221. The summed E-state index contributed by atoms with van der Waals surface area (Å²) in [7, 11) is 0. The van der Waals surface area contributed by atoms with E-state index in [0.717, 1.165) is 12.1 Å². The summed E-state index contributed by atoms with van der Waals surface area (Å²) in [5.41, 5.74) is 0.303. The maximum Gasteiger partial charge on any atom is 0.416 e. The molecule has 0 radical (unpaired) electrons. The van der Waals surface area contributed by atoms with Gasteiger partial charge >= 0.3 is 6.18 Å². The molecule has 1 heterocycles. The zero-order valence-electron chi connectivity index (χ0n) is 10.9. The van der Waals surface area contributed by atoms with E-state index < -0.39 is 17.7 Å². The van der Waals surface area contributed by atoms with Crippen LogP contribution in [0.4, 0.5) is 13.2 Å². The first-order chi connectivity index (χ1) is 9.29. The second-order valence-corrected chi connectivity index (χ2v) is 4.53. The maximum atomic E-state index is 12.5. The van der Waals surface area contributed by atoms with Crippen LogP contribution in [0.25, 0.3) is 0 Å². The van der Waals surface area contributed by atoms with Crippen molar-refractivity contribution in [2.24, 2.45) is 0 Å². The Hall–Kier alpha value is -2.11. The normalized spacial score (nSPS) is 13.2. The van der Waals surface area contributed by atoms with E-state index in [-0.39, 0.29) is 5.78 Å². The summed E-state index contributed by atoms with van der Waals surface area (Å²) in [5.74, 6) is -0.630. The molecule has 20 heavy (non-hydrogen) atoms. The first-order valence-corrected chi connectivity index (χ1v) is 5.90. The summed E-state index contributed by atoms with van der Waals surface area (Å²) in [5, 5.41) is 3.70. The number of carbonyl (C=O) groups is 1. The third kappa shape index (κ3) is 2.89. The molecule has 0 aliphatic heterocycles. The Bertz CT molecular complexity index is 614. The molecule has 2 rings (SSSR count). The van der Waals surface area contributed by atoms with Crippen LogP contribution in [0.2, 0.25) is 0 Å². The number of hydrogen-bond acceptors (Lipinski definition) is 3. The Morgan fingerprint density at radius 2 is 1.85 bits per heavy atom. The molecular formula is C14H12F3NO2. The van der Waals surface area contributed by atoms with Crippen LogP contribution in [0.5, 0.6) is 0 Å². The van der Waals surface area contributed by atoms with Gasteiger partial charge in [-0.3, -0.25) is 4.79 Å². The van der Waals surface area contributed by atoms with Gasteiger partial charge in [0, 0.05) is 6.07 Å². The van der Waals surface area contributed by atoms with Gasteiger partial charge in [-0.1, -0.05) is 17.3 Å². The summed E-state index contributed by atoms with van der Waals surface area (Å²) in [6.07, 6.45) is -4.40. The molecule has 0 saturated carbocycles. The standard InChI is InChI=1S/C14H12F3NO2/c1-8-7-12(20-18-8)13(9(2)19)10-3-5-11(6-4-10)14(15,16)17/h3-7,13H,1-2H3. The average Bonchev–Trinajstić information content (AvgIpc) is 2.75. The summed E-state index contributed by atoms with van der Waals surface area (Å²) < 4.78 is 42.6. The van der Waals surface area contributed by atoms with Gasteiger partial charge in [0.05, 0.1) is 11.3 Å². The molecule has 0 amide bonds. The second kappa shape index (κ2) is 5.11. The number of rotatable bonds is 3. The minimum Gasteiger partial charge on any atom is -0.360 e. The van der Waals surface area contributed by atoms with Gasteiger partial charge in [0.25, 0.3) is 0 Å². The molecule has 0 bridgehead atoms. The molecule has 106 valence electrons. The molecule has 0 fully saturated rings. The number of aryl methyl sites for hydroxylation is 1. The van der Waals surface area contributed by atoms with Crippen molar-refractivity contribution in [3.8, 4) is 0 Å². The van der Waals surface area contributed by atoms with E-state index in [2.05, 4.69) is 5.16 Å². The first kappa shape index (κ1) is 14.3. The monoisotopic (exact) mass is 283 g/mol. The van der Waals surface area contributed by atoms with Crippen LogP contribution in [0, 0.1) is 6.92 Å². The minimum atomic E-state index is -4.40. The van der Waals surface area contributed by atoms with Crippen molar-refractivity contribution in [1.29, 1.82) is 0 Å². The van der Waals surface area contributed by atoms with E-state index in [0.29, 0.717) is 17.0 Å². The Morgan fingerprint density at radius 1 is 1.25 bits per heavy atom. The number of halogens is 3. The van der Waals surface area contributed by atoms with Crippen LogP contribution >= 0.6 is 0 Å². The van der Waals surface area contributed by atoms with Crippen LogP contribution in [0.3, 0.4) is 0 Å². The van der Waals surface area contributed by atoms with Crippen molar-refractivity contribution in [3.05, 3.63) is 52.9 Å². The molecule has 0 saturated heterocycles. The van der Waals surface area contributed by atoms with E-state index >= 15 is 0 Å². The van der Waals surface area contributed by atoms with Crippen LogP contribution in [0.1, 0.15) is 35.4 Å². The largest absolute Gasteiger partial charge is 0.416 e. The molecule has 0 spiro atoms. The van der Waals surface area contributed by atoms with Gasteiger partial charge in [-0.05, 0) is 31.5 Å². The van der Waals surface area contributed by atoms with Gasteiger partial charge in [-0.15, -0.1) is 0 Å². The molecule has 1 atom stereocenters. The van der Waals surface area contributed by atoms with Gasteiger partial charge in [0.1, 0.15) is 11.7 Å². The highest BCUT2D eigenvalue weighted by Crippen LogP contribution is 2.32. The highest BCUT2D eigenvalue weighted by molar-refractivity contribution is 5.86. The fourth-order valence-electron chi connectivity index (χ4n) is 1.98. The molecule has 1 unspecified atom stereocenters. The Morgan fingerprint density at radius 3 is 2.25 bits per heavy atom. The summed E-state index contributed by atoms with van der Waals surface area (Å²) in [6, 6.07) is 6.08.